The predicted octanol–water partition coefficient (Wildman–Crippen LogP) is 1.69. The first-order valence-electron chi connectivity index (χ1n) is 6.27. The number of carbonyl (C=O) groups excluding carboxylic acids is 1. The maximum Gasteiger partial charge on any atom is 0.251 e. The molecule has 1 aromatic carbocycles. The van der Waals surface area contributed by atoms with Crippen molar-refractivity contribution in [2.24, 2.45) is 0 Å². The molecule has 0 saturated heterocycles. The van der Waals surface area contributed by atoms with E-state index in [1.807, 2.05) is 35.9 Å². The molecule has 0 fully saturated rings. The molecule has 0 unspecified atom stereocenters. The van der Waals surface area contributed by atoms with Gasteiger partial charge in [0.2, 0.25) is 0 Å². The van der Waals surface area contributed by atoms with Crippen LogP contribution in [0.1, 0.15) is 5.56 Å². The van der Waals surface area contributed by atoms with Gasteiger partial charge in [-0.25, -0.2) is 4.98 Å². The van der Waals surface area contributed by atoms with Crippen LogP contribution in [0.2, 0.25) is 0 Å². The Kier molecular flexibility index (Phi) is 2.95. The van der Waals surface area contributed by atoms with Crippen LogP contribution in [0, 0.1) is 6.92 Å². The third-order valence-corrected chi connectivity index (χ3v) is 3.36. The number of rotatable bonds is 3. The van der Waals surface area contributed by atoms with Gasteiger partial charge < -0.3 is 13.9 Å². The van der Waals surface area contributed by atoms with Crippen LogP contribution in [-0.4, -0.2) is 20.4 Å². The van der Waals surface area contributed by atoms with Gasteiger partial charge in [0.1, 0.15) is 6.29 Å². The molecule has 0 saturated carbocycles. The van der Waals surface area contributed by atoms with Gasteiger partial charge in [0.25, 0.3) is 5.56 Å². The van der Waals surface area contributed by atoms with E-state index < -0.39 is 0 Å². The van der Waals surface area contributed by atoms with Crippen molar-refractivity contribution in [2.45, 2.75) is 13.5 Å². The summed E-state index contributed by atoms with van der Waals surface area (Å²) in [6, 6.07) is 7.38. The van der Waals surface area contributed by atoms with E-state index in [0.717, 1.165) is 28.4 Å². The predicted molar refractivity (Wildman–Crippen MR) is 76.1 cm³/mol. The number of benzene rings is 1. The van der Waals surface area contributed by atoms with E-state index in [4.69, 9.17) is 0 Å². The molecule has 3 aromatic rings. The fourth-order valence-corrected chi connectivity index (χ4v) is 2.37. The van der Waals surface area contributed by atoms with Crippen LogP contribution in [0.3, 0.4) is 0 Å². The maximum absolute atomic E-state index is 12.0. The molecule has 0 N–H and O–H groups in total. The summed E-state index contributed by atoms with van der Waals surface area (Å²) in [4.78, 5) is 26.8. The molecule has 0 aliphatic heterocycles. The normalized spacial score (nSPS) is 10.8. The highest BCUT2D eigenvalue weighted by molar-refractivity contribution is 5.84. The van der Waals surface area contributed by atoms with Crippen LogP contribution in [0.15, 0.2) is 47.8 Å². The number of imidazole rings is 1. The molecule has 0 aliphatic rings. The van der Waals surface area contributed by atoms with E-state index in [9.17, 15) is 9.59 Å². The van der Waals surface area contributed by atoms with E-state index in [2.05, 4.69) is 4.98 Å². The van der Waals surface area contributed by atoms with Crippen LogP contribution in [-0.2, 0) is 11.3 Å². The highest BCUT2D eigenvalue weighted by atomic mass is 16.1. The number of aromatic nitrogens is 3. The Hall–Kier alpha value is -2.69. The van der Waals surface area contributed by atoms with E-state index in [1.165, 1.54) is 4.57 Å². The molecule has 2 aromatic heterocycles. The molecular weight excluding hydrogens is 254 g/mol. The van der Waals surface area contributed by atoms with Gasteiger partial charge in [-0.1, -0.05) is 6.07 Å². The summed E-state index contributed by atoms with van der Waals surface area (Å²) in [6.45, 7) is 1.95. The van der Waals surface area contributed by atoms with Crippen molar-refractivity contribution in [3.05, 3.63) is 58.9 Å². The quantitative estimate of drug-likeness (QED) is 0.679. The Labute approximate surface area is 115 Å². The Morgan fingerprint density at radius 1 is 1.30 bits per heavy atom. The summed E-state index contributed by atoms with van der Waals surface area (Å²) in [7, 11) is 0. The number of fused-ring (bicyclic) bond motifs is 1. The molecule has 0 spiro atoms. The van der Waals surface area contributed by atoms with Gasteiger partial charge in [-0.3, -0.25) is 4.79 Å². The van der Waals surface area contributed by atoms with Crippen molar-refractivity contribution in [3.63, 3.8) is 0 Å². The van der Waals surface area contributed by atoms with Crippen molar-refractivity contribution >= 4 is 17.2 Å². The molecule has 0 atom stereocenters. The Morgan fingerprint density at radius 2 is 2.15 bits per heavy atom. The van der Waals surface area contributed by atoms with Gasteiger partial charge in [-0.15, -0.1) is 0 Å². The molecule has 3 rings (SSSR count). The highest BCUT2D eigenvalue weighted by Crippen LogP contribution is 2.20. The minimum Gasteiger partial charge on any atom is -0.306 e. The lowest BCUT2D eigenvalue weighted by Gasteiger charge is -2.11. The van der Waals surface area contributed by atoms with Gasteiger partial charge in [0.15, 0.2) is 0 Å². The topological polar surface area (TPSA) is 56.9 Å². The number of aryl methyl sites for hydroxylation is 1. The van der Waals surface area contributed by atoms with E-state index in [1.54, 1.807) is 18.6 Å². The van der Waals surface area contributed by atoms with Crippen LogP contribution in [0.25, 0.3) is 16.6 Å². The third kappa shape index (κ3) is 1.93. The second-order valence-corrected chi connectivity index (χ2v) is 4.61. The van der Waals surface area contributed by atoms with Crippen LogP contribution in [0.4, 0.5) is 0 Å². The molecule has 0 bridgehead atoms. The Bertz CT molecular complexity index is 832. The zero-order valence-electron chi connectivity index (χ0n) is 11.0. The molecule has 2 heterocycles. The van der Waals surface area contributed by atoms with Gasteiger partial charge in [-0.2, -0.15) is 0 Å². The van der Waals surface area contributed by atoms with Gasteiger partial charge >= 0.3 is 0 Å². The molecule has 0 aliphatic carbocycles. The fourth-order valence-electron chi connectivity index (χ4n) is 2.37. The van der Waals surface area contributed by atoms with Crippen LogP contribution < -0.4 is 5.56 Å². The first kappa shape index (κ1) is 12.3. The van der Waals surface area contributed by atoms with Crippen molar-refractivity contribution in [1.29, 1.82) is 0 Å². The van der Waals surface area contributed by atoms with E-state index in [-0.39, 0.29) is 12.1 Å². The maximum atomic E-state index is 12.0. The summed E-state index contributed by atoms with van der Waals surface area (Å²) in [5.41, 5.74) is 2.40. The smallest absolute Gasteiger partial charge is 0.251 e. The Morgan fingerprint density at radius 3 is 2.85 bits per heavy atom. The second-order valence-electron chi connectivity index (χ2n) is 4.61. The fraction of sp³-hybridized carbons (Fsp3) is 0.133. The average molecular weight is 267 g/mol. The molecule has 20 heavy (non-hydrogen) atoms. The lowest BCUT2D eigenvalue weighted by atomic mass is 10.1. The molecule has 5 nitrogen and oxygen atoms in total. The van der Waals surface area contributed by atoms with Gasteiger partial charge in [0, 0.05) is 29.5 Å². The number of nitrogens with zero attached hydrogens (tertiary/aromatic N) is 3. The number of aldehydes is 1. The summed E-state index contributed by atoms with van der Waals surface area (Å²) >= 11 is 0. The minimum atomic E-state index is -0.162. The van der Waals surface area contributed by atoms with Gasteiger partial charge in [-0.05, 0) is 24.6 Å². The molecule has 100 valence electrons. The summed E-state index contributed by atoms with van der Waals surface area (Å²) < 4.78 is 3.34. The third-order valence-electron chi connectivity index (χ3n) is 3.36. The van der Waals surface area contributed by atoms with E-state index >= 15 is 0 Å². The minimum absolute atomic E-state index is 0.0585. The highest BCUT2D eigenvalue weighted by Gasteiger charge is 2.07. The monoisotopic (exact) mass is 267 g/mol. The van der Waals surface area contributed by atoms with Crippen LogP contribution in [0.5, 0.6) is 0 Å². The molecule has 0 amide bonds. The number of pyridine rings is 1. The first-order valence-corrected chi connectivity index (χ1v) is 6.27. The largest absolute Gasteiger partial charge is 0.306 e. The standard InChI is InChI=1S/C15H13N3O2/c1-11-8-15(20)18(6-7-19)14-9-12(2-3-13(11)14)17-5-4-16-10-17/h2-5,7-10H,6H2,1H3. The second kappa shape index (κ2) is 4.77. The lowest BCUT2D eigenvalue weighted by molar-refractivity contribution is -0.108. The molecular formula is C15H13N3O2. The van der Waals surface area contributed by atoms with Crippen molar-refractivity contribution < 1.29 is 4.79 Å². The number of hydrogen-bond acceptors (Lipinski definition) is 3. The van der Waals surface area contributed by atoms with Gasteiger partial charge in [0.05, 0.1) is 18.4 Å². The average Bonchev–Trinajstić information content (AvgIpc) is 2.97. The summed E-state index contributed by atoms with van der Waals surface area (Å²) in [6.07, 6.45) is 5.96. The van der Waals surface area contributed by atoms with Crippen molar-refractivity contribution in [2.75, 3.05) is 0 Å². The number of carbonyl (C=O) groups is 1. The zero-order valence-corrected chi connectivity index (χ0v) is 11.0. The zero-order chi connectivity index (χ0) is 14.1. The van der Waals surface area contributed by atoms with Crippen molar-refractivity contribution in [3.8, 4) is 5.69 Å². The molecule has 0 radical (unpaired) electrons. The number of hydrogen-bond donors (Lipinski definition) is 0. The van der Waals surface area contributed by atoms with Crippen molar-refractivity contribution in [1.82, 2.24) is 14.1 Å². The molecule has 5 heteroatoms. The lowest BCUT2D eigenvalue weighted by Crippen LogP contribution is -2.21. The SMILES string of the molecule is Cc1cc(=O)n(CC=O)c2cc(-n3ccnc3)ccc12. The summed E-state index contributed by atoms with van der Waals surface area (Å²) in [5.74, 6) is 0. The first-order chi connectivity index (χ1) is 9.70. The van der Waals surface area contributed by atoms with E-state index in [0.29, 0.717) is 0 Å². The van der Waals surface area contributed by atoms with Crippen LogP contribution >= 0.6 is 0 Å². The Balaban J connectivity index is 2.33. The summed E-state index contributed by atoms with van der Waals surface area (Å²) in [5, 5.41) is 0.968.